The van der Waals surface area contributed by atoms with Gasteiger partial charge in [-0.15, -0.1) is 0 Å². The second-order valence-corrected chi connectivity index (χ2v) is 4.06. The Balaban J connectivity index is 2.02. The Labute approximate surface area is 77.1 Å². The fourth-order valence-electron chi connectivity index (χ4n) is 1.57. The third-order valence-corrected chi connectivity index (χ3v) is 2.67. The Morgan fingerprint density at radius 1 is 1.20 bits per heavy atom. The first-order valence-electron chi connectivity index (χ1n) is 4.23. The number of alkyl halides is 1. The molecule has 0 radical (unpaired) electrons. The lowest BCUT2D eigenvalue weighted by Crippen LogP contribution is -2.32. The summed E-state index contributed by atoms with van der Waals surface area (Å²) in [5.74, 6) is 0. The minimum Gasteiger partial charge on any atom is -0.313 e. The molecular weight excluding hydrogens is 237 g/mol. The molecule has 1 rings (SSSR count). The van der Waals surface area contributed by atoms with E-state index >= 15 is 0 Å². The highest BCUT2D eigenvalue weighted by molar-refractivity contribution is 14.1. The summed E-state index contributed by atoms with van der Waals surface area (Å²) in [5.41, 5.74) is 0. The molecule has 0 amide bonds. The highest BCUT2D eigenvalue weighted by Crippen LogP contribution is 2.16. The average molecular weight is 253 g/mol. The number of hydrogen-bond donors (Lipinski definition) is 1. The van der Waals surface area contributed by atoms with Crippen LogP contribution in [-0.2, 0) is 0 Å². The van der Waals surface area contributed by atoms with Crippen LogP contribution in [0.1, 0.15) is 32.1 Å². The molecule has 0 aromatic heterocycles. The SMILES string of the molecule is ICCNC1CCCCC1. The molecule has 1 fully saturated rings. The van der Waals surface area contributed by atoms with Gasteiger partial charge in [-0.05, 0) is 12.8 Å². The van der Waals surface area contributed by atoms with E-state index in [1.54, 1.807) is 0 Å². The van der Waals surface area contributed by atoms with Crippen LogP contribution in [0.2, 0.25) is 0 Å². The fraction of sp³-hybridized carbons (Fsp3) is 1.00. The lowest BCUT2D eigenvalue weighted by molar-refractivity contribution is 0.381. The van der Waals surface area contributed by atoms with Crippen molar-refractivity contribution in [3.05, 3.63) is 0 Å². The molecule has 2 heteroatoms. The predicted octanol–water partition coefficient (Wildman–Crippen LogP) is 2.34. The van der Waals surface area contributed by atoms with Crippen LogP contribution in [0, 0.1) is 0 Å². The van der Waals surface area contributed by atoms with Gasteiger partial charge in [0.1, 0.15) is 0 Å². The molecule has 10 heavy (non-hydrogen) atoms. The Morgan fingerprint density at radius 2 is 1.90 bits per heavy atom. The summed E-state index contributed by atoms with van der Waals surface area (Å²) >= 11 is 2.42. The maximum Gasteiger partial charge on any atom is 0.0121 e. The van der Waals surface area contributed by atoms with Crippen molar-refractivity contribution in [1.29, 1.82) is 0 Å². The van der Waals surface area contributed by atoms with Gasteiger partial charge >= 0.3 is 0 Å². The smallest absolute Gasteiger partial charge is 0.0121 e. The highest BCUT2D eigenvalue weighted by atomic mass is 127. The van der Waals surface area contributed by atoms with Crippen LogP contribution in [0.3, 0.4) is 0 Å². The minimum atomic E-state index is 0.850. The maximum absolute atomic E-state index is 3.56. The molecule has 0 saturated heterocycles. The predicted molar refractivity (Wildman–Crippen MR) is 53.8 cm³/mol. The zero-order valence-corrected chi connectivity index (χ0v) is 8.56. The summed E-state index contributed by atoms with van der Waals surface area (Å²) in [6, 6.07) is 0.850. The van der Waals surface area contributed by atoms with Crippen LogP contribution in [0.4, 0.5) is 0 Å². The summed E-state index contributed by atoms with van der Waals surface area (Å²) in [6.07, 6.45) is 7.17. The minimum absolute atomic E-state index is 0.850. The summed E-state index contributed by atoms with van der Waals surface area (Å²) < 4.78 is 1.24. The Kier molecular flexibility index (Phi) is 4.70. The standard InChI is InChI=1S/C8H16IN/c9-6-7-10-8-4-2-1-3-5-8/h8,10H,1-7H2. The molecule has 1 aliphatic carbocycles. The van der Waals surface area contributed by atoms with Gasteiger partial charge in [-0.3, -0.25) is 0 Å². The van der Waals surface area contributed by atoms with Crippen molar-refractivity contribution in [1.82, 2.24) is 5.32 Å². The van der Waals surface area contributed by atoms with E-state index in [2.05, 4.69) is 27.9 Å². The Bertz CT molecular complexity index is 79.3. The molecule has 0 heterocycles. The Hall–Kier alpha value is 0.690. The van der Waals surface area contributed by atoms with E-state index in [-0.39, 0.29) is 0 Å². The zero-order valence-electron chi connectivity index (χ0n) is 6.41. The van der Waals surface area contributed by atoms with Gasteiger partial charge in [-0.25, -0.2) is 0 Å². The first-order valence-corrected chi connectivity index (χ1v) is 5.75. The van der Waals surface area contributed by atoms with Gasteiger partial charge in [-0.2, -0.15) is 0 Å². The summed E-state index contributed by atoms with van der Waals surface area (Å²) in [7, 11) is 0. The van der Waals surface area contributed by atoms with Crippen LogP contribution >= 0.6 is 22.6 Å². The monoisotopic (exact) mass is 253 g/mol. The van der Waals surface area contributed by atoms with Crippen molar-refractivity contribution in [3.8, 4) is 0 Å². The van der Waals surface area contributed by atoms with Crippen molar-refractivity contribution in [3.63, 3.8) is 0 Å². The third-order valence-electron chi connectivity index (χ3n) is 2.13. The van der Waals surface area contributed by atoms with Crippen LogP contribution in [0.15, 0.2) is 0 Å². The van der Waals surface area contributed by atoms with Gasteiger partial charge in [0.25, 0.3) is 0 Å². The number of nitrogens with one attached hydrogen (secondary N) is 1. The van der Waals surface area contributed by atoms with Crippen molar-refractivity contribution in [2.24, 2.45) is 0 Å². The molecule has 0 unspecified atom stereocenters. The van der Waals surface area contributed by atoms with E-state index in [1.165, 1.54) is 43.1 Å². The maximum atomic E-state index is 3.56. The van der Waals surface area contributed by atoms with Crippen molar-refractivity contribution in [2.75, 3.05) is 11.0 Å². The van der Waals surface area contributed by atoms with E-state index in [1.807, 2.05) is 0 Å². The molecule has 1 N–H and O–H groups in total. The second kappa shape index (κ2) is 5.35. The molecule has 1 saturated carbocycles. The summed E-state index contributed by atoms with van der Waals surface area (Å²) in [4.78, 5) is 0. The van der Waals surface area contributed by atoms with E-state index in [0.717, 1.165) is 6.04 Å². The van der Waals surface area contributed by atoms with E-state index < -0.39 is 0 Å². The average Bonchev–Trinajstić information content (AvgIpc) is 2.03. The largest absolute Gasteiger partial charge is 0.313 e. The summed E-state index contributed by atoms with van der Waals surface area (Å²) in [6.45, 7) is 1.20. The van der Waals surface area contributed by atoms with Gasteiger partial charge in [-0.1, -0.05) is 41.9 Å². The lowest BCUT2D eigenvalue weighted by atomic mass is 9.96. The second-order valence-electron chi connectivity index (χ2n) is 2.98. The van der Waals surface area contributed by atoms with Crippen LogP contribution in [0.5, 0.6) is 0 Å². The molecule has 1 aliphatic rings. The molecule has 0 aromatic rings. The fourth-order valence-corrected chi connectivity index (χ4v) is 1.88. The first kappa shape index (κ1) is 8.78. The van der Waals surface area contributed by atoms with Gasteiger partial charge in [0, 0.05) is 17.0 Å². The molecule has 0 atom stereocenters. The number of rotatable bonds is 3. The Morgan fingerprint density at radius 3 is 2.50 bits per heavy atom. The van der Waals surface area contributed by atoms with Crippen LogP contribution < -0.4 is 5.32 Å². The van der Waals surface area contributed by atoms with Gasteiger partial charge in [0.15, 0.2) is 0 Å². The van der Waals surface area contributed by atoms with Crippen LogP contribution in [-0.4, -0.2) is 17.0 Å². The lowest BCUT2D eigenvalue weighted by Gasteiger charge is -2.22. The van der Waals surface area contributed by atoms with E-state index in [9.17, 15) is 0 Å². The molecule has 0 aliphatic heterocycles. The highest BCUT2D eigenvalue weighted by Gasteiger charge is 2.10. The molecular formula is C8H16IN. The quantitative estimate of drug-likeness (QED) is 0.601. The molecule has 60 valence electrons. The normalized spacial score (nSPS) is 21.3. The van der Waals surface area contributed by atoms with Gasteiger partial charge in [0.2, 0.25) is 0 Å². The van der Waals surface area contributed by atoms with Crippen molar-refractivity contribution < 1.29 is 0 Å². The number of hydrogen-bond acceptors (Lipinski definition) is 1. The van der Waals surface area contributed by atoms with Gasteiger partial charge < -0.3 is 5.32 Å². The van der Waals surface area contributed by atoms with Gasteiger partial charge in [0.05, 0.1) is 0 Å². The van der Waals surface area contributed by atoms with Crippen LogP contribution in [0.25, 0.3) is 0 Å². The molecule has 1 nitrogen and oxygen atoms in total. The zero-order chi connectivity index (χ0) is 7.23. The molecule has 0 spiro atoms. The van der Waals surface area contributed by atoms with Crippen molar-refractivity contribution >= 4 is 22.6 Å². The van der Waals surface area contributed by atoms with E-state index in [4.69, 9.17) is 0 Å². The third kappa shape index (κ3) is 3.19. The first-order chi connectivity index (χ1) is 4.93. The topological polar surface area (TPSA) is 12.0 Å². The summed E-state index contributed by atoms with van der Waals surface area (Å²) in [5, 5.41) is 3.56. The van der Waals surface area contributed by atoms with E-state index in [0.29, 0.717) is 0 Å². The molecule has 0 aromatic carbocycles. The van der Waals surface area contributed by atoms with Crippen molar-refractivity contribution in [2.45, 2.75) is 38.1 Å². The number of halogens is 1. The molecule has 0 bridgehead atoms.